The average molecular weight is 990 g/mol. The maximum absolute atomic E-state index is 12.0. The minimum Gasteiger partial charge on any atom is -0.413 e. The first-order valence-electron chi connectivity index (χ1n) is 25.9. The summed E-state index contributed by atoms with van der Waals surface area (Å²) in [5.41, 5.74) is 3.84. The van der Waals surface area contributed by atoms with Gasteiger partial charge in [-0.15, -0.1) is 0 Å². The Labute approximate surface area is 416 Å². The van der Waals surface area contributed by atoms with Gasteiger partial charge >= 0.3 is 0 Å². The molecule has 0 spiro atoms. The highest BCUT2D eigenvalue weighted by molar-refractivity contribution is 6.75. The molecule has 0 fully saturated rings. The van der Waals surface area contributed by atoms with E-state index in [1.165, 1.54) is 16.7 Å². The topological polar surface area (TPSA) is 57.2 Å². The standard InChI is InChI=1S/C57H112O5Si4/c1-29-50(35-36-51(61-65(25,26)56(15,16)17)46(5)34-31-38-59-63(21,22)54(9,10)11)42-44(3)33-30-32-43(2)40-47(6)52(58)49(8)53(62-66(27,28)57(18,19)20)48(7)41-45(4)37-39-60-64(23,24)55(12,13)14/h30-32,34-37,40,42,44,46-49,51-53,58H,29,33,38-39,41H2,1-28H3/b32-30+,34-31-,36-35+,43-40+,45-37+,50-42-/t44-,46+,47-,48+,49-,51+,52-,53-/m1/s1. The third kappa shape index (κ3) is 22.0. The minimum absolute atomic E-state index is 0.0106. The van der Waals surface area contributed by atoms with Crippen LogP contribution in [0.3, 0.4) is 0 Å². The zero-order valence-corrected chi connectivity index (χ0v) is 52.9. The van der Waals surface area contributed by atoms with Crippen molar-refractivity contribution in [3.05, 3.63) is 71.4 Å². The summed E-state index contributed by atoms with van der Waals surface area (Å²) in [6, 6.07) is 0. The highest BCUT2D eigenvalue weighted by Crippen LogP contribution is 2.42. The van der Waals surface area contributed by atoms with Crippen LogP contribution in [0.4, 0.5) is 0 Å². The molecule has 0 amide bonds. The Morgan fingerprint density at radius 3 is 1.52 bits per heavy atom. The average Bonchev–Trinajstić information content (AvgIpc) is 3.13. The van der Waals surface area contributed by atoms with Crippen LogP contribution in [0.1, 0.15) is 158 Å². The van der Waals surface area contributed by atoms with Gasteiger partial charge in [-0.25, -0.2) is 0 Å². The highest BCUT2D eigenvalue weighted by atomic mass is 28.4. The van der Waals surface area contributed by atoms with E-state index in [2.05, 4.69) is 246 Å². The second-order valence-corrected chi connectivity index (χ2v) is 45.7. The molecule has 0 aromatic heterocycles. The summed E-state index contributed by atoms with van der Waals surface area (Å²) in [7, 11) is -7.76. The SMILES string of the molecule is CCC(=C/[C@H](C)C/C=C/C(C)=C/[C@@H](C)[C@@H](O)[C@@H](C)[C@H](O[Si](C)(C)C(C)(C)C)[C@@H](C)C/C(C)=C/CO[Si](C)(C)C(C)(C)C)/C=C/[C@H](O[Si](C)(C)C(C)(C)C)[C@@H](C)/C=C\CO[Si](C)(C)C(C)(C)C. The van der Waals surface area contributed by atoms with Crippen molar-refractivity contribution in [2.75, 3.05) is 13.2 Å². The molecule has 0 aromatic carbocycles. The van der Waals surface area contributed by atoms with Gasteiger partial charge in [-0.1, -0.05) is 196 Å². The number of aliphatic hydroxyl groups is 1. The molecule has 0 rings (SSSR count). The summed E-state index contributed by atoms with van der Waals surface area (Å²) in [6.07, 6.45) is 22.8. The maximum Gasteiger partial charge on any atom is 0.192 e. The van der Waals surface area contributed by atoms with Gasteiger partial charge in [0.15, 0.2) is 33.3 Å². The third-order valence-corrected chi connectivity index (χ3v) is 34.0. The van der Waals surface area contributed by atoms with Gasteiger partial charge in [-0.2, -0.15) is 0 Å². The molecule has 1 N–H and O–H groups in total. The smallest absolute Gasteiger partial charge is 0.192 e. The number of allylic oxidation sites excluding steroid dienone is 7. The van der Waals surface area contributed by atoms with E-state index in [0.29, 0.717) is 19.1 Å². The lowest BCUT2D eigenvalue weighted by Gasteiger charge is -2.44. The van der Waals surface area contributed by atoms with Crippen molar-refractivity contribution in [3.63, 3.8) is 0 Å². The van der Waals surface area contributed by atoms with E-state index in [4.69, 9.17) is 17.7 Å². The fourth-order valence-electron chi connectivity index (χ4n) is 6.92. The molecule has 9 heteroatoms. The molecule has 8 atom stereocenters. The third-order valence-electron chi connectivity index (χ3n) is 16.1. The summed E-state index contributed by atoms with van der Waals surface area (Å²) in [5, 5.41) is 12.6. The monoisotopic (exact) mass is 989 g/mol. The molecule has 5 nitrogen and oxygen atoms in total. The number of aliphatic hydroxyl groups excluding tert-OH is 1. The van der Waals surface area contributed by atoms with Crippen molar-refractivity contribution in [3.8, 4) is 0 Å². The molecule has 0 aliphatic carbocycles. The van der Waals surface area contributed by atoms with Gasteiger partial charge in [0, 0.05) is 17.8 Å². The van der Waals surface area contributed by atoms with Crippen LogP contribution in [-0.4, -0.2) is 69.9 Å². The predicted molar refractivity (Wildman–Crippen MR) is 305 cm³/mol. The van der Waals surface area contributed by atoms with Crippen LogP contribution >= 0.6 is 0 Å². The molecule has 386 valence electrons. The summed E-state index contributed by atoms with van der Waals surface area (Å²) in [4.78, 5) is 0. The quantitative estimate of drug-likeness (QED) is 0.0532. The molecular formula is C57H112O5Si4. The van der Waals surface area contributed by atoms with E-state index in [9.17, 15) is 5.11 Å². The van der Waals surface area contributed by atoms with E-state index in [0.717, 1.165) is 19.3 Å². The molecule has 0 heterocycles. The molecular weight excluding hydrogens is 877 g/mol. The van der Waals surface area contributed by atoms with E-state index >= 15 is 0 Å². The Kier molecular flexibility index (Phi) is 26.2. The number of hydrogen-bond donors (Lipinski definition) is 1. The Morgan fingerprint density at radius 2 is 1.05 bits per heavy atom. The lowest BCUT2D eigenvalue weighted by molar-refractivity contribution is -0.0134. The Hall–Kier alpha value is -0.892. The van der Waals surface area contributed by atoms with Crippen LogP contribution in [0.25, 0.3) is 0 Å². The Balaban J connectivity index is 6.17. The van der Waals surface area contributed by atoms with Gasteiger partial charge in [0.25, 0.3) is 0 Å². The van der Waals surface area contributed by atoms with Crippen molar-refractivity contribution in [2.24, 2.45) is 29.6 Å². The molecule has 0 unspecified atom stereocenters. The van der Waals surface area contributed by atoms with Crippen molar-refractivity contribution in [2.45, 2.75) is 249 Å². The first-order valence-corrected chi connectivity index (χ1v) is 37.5. The first-order chi connectivity index (χ1) is 29.5. The number of hydrogen-bond acceptors (Lipinski definition) is 5. The molecule has 0 saturated heterocycles. The van der Waals surface area contributed by atoms with Gasteiger partial charge < -0.3 is 22.8 Å². The van der Waals surface area contributed by atoms with Crippen LogP contribution in [0.5, 0.6) is 0 Å². The maximum atomic E-state index is 12.0. The van der Waals surface area contributed by atoms with Crippen LogP contribution in [0.2, 0.25) is 72.5 Å². The van der Waals surface area contributed by atoms with Gasteiger partial charge in [0.2, 0.25) is 0 Å². The summed E-state index contributed by atoms with van der Waals surface area (Å²) in [6.45, 7) is 65.4. The molecule has 0 bridgehead atoms. The largest absolute Gasteiger partial charge is 0.413 e. The lowest BCUT2D eigenvalue weighted by atomic mass is 9.81. The Morgan fingerprint density at radius 1 is 0.576 bits per heavy atom. The van der Waals surface area contributed by atoms with Gasteiger partial charge in [0.1, 0.15) is 0 Å². The van der Waals surface area contributed by atoms with Crippen molar-refractivity contribution in [1.82, 2.24) is 0 Å². The minimum atomic E-state index is -2.12. The second kappa shape index (κ2) is 26.5. The van der Waals surface area contributed by atoms with Crippen LogP contribution in [0.15, 0.2) is 71.4 Å². The first kappa shape index (κ1) is 65.1. The van der Waals surface area contributed by atoms with Gasteiger partial charge in [-0.05, 0) is 117 Å². The van der Waals surface area contributed by atoms with Gasteiger partial charge in [0.05, 0.1) is 31.5 Å². The molecule has 0 aromatic rings. The normalized spacial score (nSPS) is 19.1. The molecule has 0 saturated carbocycles. The predicted octanol–water partition coefficient (Wildman–Crippen LogP) is 18.0. The molecule has 0 radical (unpaired) electrons. The van der Waals surface area contributed by atoms with Crippen LogP contribution in [-0.2, 0) is 17.7 Å². The fraction of sp³-hybridized carbons (Fsp3) is 0.789. The number of rotatable bonds is 26. The second-order valence-electron chi connectivity index (χ2n) is 26.5. The van der Waals surface area contributed by atoms with Crippen LogP contribution < -0.4 is 0 Å². The molecule has 66 heavy (non-hydrogen) atoms. The van der Waals surface area contributed by atoms with E-state index < -0.39 is 39.4 Å². The van der Waals surface area contributed by atoms with Crippen molar-refractivity contribution >= 4 is 33.3 Å². The van der Waals surface area contributed by atoms with E-state index in [-0.39, 0.29) is 56.0 Å². The van der Waals surface area contributed by atoms with Crippen molar-refractivity contribution < 1.29 is 22.8 Å². The Bertz CT molecular complexity index is 1620. The van der Waals surface area contributed by atoms with Crippen molar-refractivity contribution in [1.29, 1.82) is 0 Å². The zero-order chi connectivity index (χ0) is 52.1. The molecule has 0 aliphatic heterocycles. The van der Waals surface area contributed by atoms with Gasteiger partial charge in [-0.3, -0.25) is 0 Å². The van der Waals surface area contributed by atoms with Crippen LogP contribution in [0, 0.1) is 29.6 Å². The fourth-order valence-corrected chi connectivity index (χ4v) is 11.6. The summed E-state index contributed by atoms with van der Waals surface area (Å²) < 4.78 is 27.3. The lowest BCUT2D eigenvalue weighted by Crippen LogP contribution is -2.49. The summed E-state index contributed by atoms with van der Waals surface area (Å²) in [5.74, 6) is 0.794. The zero-order valence-electron chi connectivity index (χ0n) is 48.9. The summed E-state index contributed by atoms with van der Waals surface area (Å²) >= 11 is 0. The van der Waals surface area contributed by atoms with E-state index in [1.54, 1.807) is 0 Å². The highest BCUT2D eigenvalue weighted by Gasteiger charge is 2.44. The molecule has 0 aliphatic rings. The van der Waals surface area contributed by atoms with E-state index in [1.807, 2.05) is 0 Å².